The number of rotatable bonds is 2. The van der Waals surface area contributed by atoms with E-state index in [0.717, 1.165) is 25.1 Å². The lowest BCUT2D eigenvalue weighted by atomic mass is 9.90. The van der Waals surface area contributed by atoms with Gasteiger partial charge in [0.25, 0.3) is 5.91 Å². The van der Waals surface area contributed by atoms with Gasteiger partial charge in [0.15, 0.2) is 0 Å². The minimum Gasteiger partial charge on any atom is -0.274 e. The number of hydrogen-bond donors (Lipinski definition) is 0. The standard InChI is InChI=1S/C20H17Cl2N3O2/c21-13-7-5-12(6-8-13)17-16-18(24-10-2-9-23(17)24)20(27)25(19(16)26)15-4-1-3-14(22)11-15/h1,3-8,11,16-18H,2,9-10H2/t16-,17+,18+/m0/s1. The number of hydrazine groups is 1. The number of amides is 2. The number of fused-ring (bicyclic) bond motifs is 3. The van der Waals surface area contributed by atoms with Gasteiger partial charge in [0.2, 0.25) is 5.91 Å². The minimum atomic E-state index is -0.459. The Balaban J connectivity index is 1.59. The van der Waals surface area contributed by atoms with Crippen LogP contribution in [0.3, 0.4) is 0 Å². The van der Waals surface area contributed by atoms with Crippen LogP contribution in [-0.4, -0.2) is 41.0 Å². The number of anilines is 1. The lowest BCUT2D eigenvalue weighted by Crippen LogP contribution is -2.44. The Morgan fingerprint density at radius 3 is 2.22 bits per heavy atom. The quantitative estimate of drug-likeness (QED) is 0.721. The first-order valence-corrected chi connectivity index (χ1v) is 9.74. The first-order valence-electron chi connectivity index (χ1n) is 8.98. The van der Waals surface area contributed by atoms with E-state index in [4.69, 9.17) is 23.2 Å². The van der Waals surface area contributed by atoms with Crippen molar-refractivity contribution >= 4 is 40.7 Å². The Kier molecular flexibility index (Phi) is 4.02. The van der Waals surface area contributed by atoms with Crippen molar-refractivity contribution in [3.8, 4) is 0 Å². The van der Waals surface area contributed by atoms with Gasteiger partial charge in [0, 0.05) is 23.1 Å². The van der Waals surface area contributed by atoms with Crippen molar-refractivity contribution in [3.63, 3.8) is 0 Å². The largest absolute Gasteiger partial charge is 0.274 e. The summed E-state index contributed by atoms with van der Waals surface area (Å²) >= 11 is 12.1. The van der Waals surface area contributed by atoms with Gasteiger partial charge in [0.05, 0.1) is 17.6 Å². The molecule has 138 valence electrons. The summed E-state index contributed by atoms with van der Waals surface area (Å²) in [5, 5.41) is 5.42. The van der Waals surface area contributed by atoms with Gasteiger partial charge in [-0.25, -0.2) is 14.9 Å². The topological polar surface area (TPSA) is 43.9 Å². The summed E-state index contributed by atoms with van der Waals surface area (Å²) in [6.07, 6.45) is 0.978. The summed E-state index contributed by atoms with van der Waals surface area (Å²) in [5.74, 6) is -0.768. The third kappa shape index (κ3) is 2.53. The molecule has 5 nitrogen and oxygen atoms in total. The zero-order valence-electron chi connectivity index (χ0n) is 14.4. The van der Waals surface area contributed by atoms with Crippen LogP contribution in [0.2, 0.25) is 10.0 Å². The van der Waals surface area contributed by atoms with Crippen molar-refractivity contribution in [2.75, 3.05) is 18.0 Å². The second-order valence-corrected chi connectivity index (χ2v) is 8.01. The predicted molar refractivity (Wildman–Crippen MR) is 103 cm³/mol. The monoisotopic (exact) mass is 401 g/mol. The predicted octanol–water partition coefficient (Wildman–Crippen LogP) is 3.53. The molecule has 3 heterocycles. The van der Waals surface area contributed by atoms with Gasteiger partial charge in [-0.1, -0.05) is 41.4 Å². The van der Waals surface area contributed by atoms with Crippen molar-refractivity contribution < 1.29 is 9.59 Å². The number of halogens is 2. The smallest absolute Gasteiger partial charge is 0.253 e. The van der Waals surface area contributed by atoms with Gasteiger partial charge < -0.3 is 0 Å². The van der Waals surface area contributed by atoms with Crippen molar-refractivity contribution in [2.24, 2.45) is 5.92 Å². The Hall–Kier alpha value is -1.92. The van der Waals surface area contributed by atoms with E-state index >= 15 is 0 Å². The molecule has 0 aliphatic carbocycles. The van der Waals surface area contributed by atoms with Gasteiger partial charge in [0.1, 0.15) is 6.04 Å². The molecule has 0 unspecified atom stereocenters. The molecule has 0 aromatic heterocycles. The van der Waals surface area contributed by atoms with Gasteiger partial charge in [-0.15, -0.1) is 0 Å². The fourth-order valence-corrected chi connectivity index (χ4v) is 4.95. The van der Waals surface area contributed by atoms with E-state index in [1.54, 1.807) is 24.3 Å². The minimum absolute atomic E-state index is 0.157. The van der Waals surface area contributed by atoms with Gasteiger partial charge >= 0.3 is 0 Å². The Labute approximate surface area is 167 Å². The lowest BCUT2D eigenvalue weighted by molar-refractivity contribution is -0.126. The second-order valence-electron chi connectivity index (χ2n) is 7.14. The molecule has 27 heavy (non-hydrogen) atoms. The number of carbonyl (C=O) groups is 2. The molecule has 2 aromatic carbocycles. The first-order chi connectivity index (χ1) is 13.1. The molecule has 3 fully saturated rings. The first kappa shape index (κ1) is 17.2. The highest BCUT2D eigenvalue weighted by Gasteiger charge is 2.62. The molecule has 0 N–H and O–H groups in total. The maximum atomic E-state index is 13.4. The van der Waals surface area contributed by atoms with Crippen LogP contribution in [0.4, 0.5) is 5.69 Å². The second kappa shape index (κ2) is 6.31. The SMILES string of the molecule is O=C1[C@H]2[C@@H](c3ccc(Cl)cc3)N3CCCN3[C@H]2C(=O)N1c1cccc(Cl)c1. The summed E-state index contributed by atoms with van der Waals surface area (Å²) in [5.41, 5.74) is 1.54. The summed E-state index contributed by atoms with van der Waals surface area (Å²) in [7, 11) is 0. The maximum Gasteiger partial charge on any atom is 0.253 e. The molecule has 0 spiro atoms. The molecular formula is C20H17Cl2N3O2. The third-order valence-electron chi connectivity index (χ3n) is 5.68. The normalized spacial score (nSPS) is 28.1. The number of hydrogen-bond acceptors (Lipinski definition) is 4. The highest BCUT2D eigenvalue weighted by molar-refractivity contribution is 6.31. The fourth-order valence-electron chi connectivity index (χ4n) is 4.64. The molecule has 3 saturated heterocycles. The molecule has 3 aliphatic heterocycles. The average molecular weight is 402 g/mol. The third-order valence-corrected chi connectivity index (χ3v) is 6.17. The van der Waals surface area contributed by atoms with E-state index in [-0.39, 0.29) is 17.9 Å². The van der Waals surface area contributed by atoms with E-state index in [1.807, 2.05) is 24.3 Å². The number of nitrogens with zero attached hydrogens (tertiary/aromatic N) is 3. The van der Waals surface area contributed by atoms with Crippen molar-refractivity contribution in [1.29, 1.82) is 0 Å². The van der Waals surface area contributed by atoms with E-state index in [1.165, 1.54) is 4.90 Å². The molecule has 3 atom stereocenters. The summed E-state index contributed by atoms with van der Waals surface area (Å²) in [4.78, 5) is 27.9. The van der Waals surface area contributed by atoms with Crippen LogP contribution in [0.15, 0.2) is 48.5 Å². The van der Waals surface area contributed by atoms with Crippen LogP contribution < -0.4 is 4.90 Å². The zero-order valence-corrected chi connectivity index (χ0v) is 15.9. The van der Waals surface area contributed by atoms with E-state index in [9.17, 15) is 9.59 Å². The number of benzene rings is 2. The molecule has 2 aromatic rings. The molecule has 2 amide bonds. The summed E-state index contributed by atoms with van der Waals surface area (Å²) in [6.45, 7) is 1.63. The van der Waals surface area contributed by atoms with Crippen LogP contribution in [0.1, 0.15) is 18.0 Å². The van der Waals surface area contributed by atoms with Crippen LogP contribution in [0.5, 0.6) is 0 Å². The van der Waals surface area contributed by atoms with E-state index in [0.29, 0.717) is 15.7 Å². The maximum absolute atomic E-state index is 13.4. The van der Waals surface area contributed by atoms with Crippen LogP contribution in [0.25, 0.3) is 0 Å². The molecule has 5 rings (SSSR count). The zero-order chi connectivity index (χ0) is 18.7. The molecule has 0 bridgehead atoms. The number of carbonyl (C=O) groups excluding carboxylic acids is 2. The molecule has 0 radical (unpaired) electrons. The highest BCUT2D eigenvalue weighted by atomic mass is 35.5. The molecule has 0 saturated carbocycles. The fraction of sp³-hybridized carbons (Fsp3) is 0.300. The molecular weight excluding hydrogens is 385 g/mol. The summed E-state index contributed by atoms with van der Waals surface area (Å²) < 4.78 is 0. The average Bonchev–Trinajstić information content (AvgIpc) is 3.28. The summed E-state index contributed by atoms with van der Waals surface area (Å²) in [6, 6.07) is 13.9. The van der Waals surface area contributed by atoms with Gasteiger partial charge in [-0.2, -0.15) is 0 Å². The van der Waals surface area contributed by atoms with Crippen molar-refractivity contribution in [2.45, 2.75) is 18.5 Å². The van der Waals surface area contributed by atoms with E-state index in [2.05, 4.69) is 10.0 Å². The number of imide groups is 1. The Morgan fingerprint density at radius 2 is 1.52 bits per heavy atom. The van der Waals surface area contributed by atoms with Crippen LogP contribution in [0, 0.1) is 5.92 Å². The molecule has 7 heteroatoms. The van der Waals surface area contributed by atoms with Gasteiger partial charge in [-0.3, -0.25) is 9.59 Å². The van der Waals surface area contributed by atoms with Crippen molar-refractivity contribution in [1.82, 2.24) is 10.0 Å². The van der Waals surface area contributed by atoms with Crippen molar-refractivity contribution in [3.05, 3.63) is 64.1 Å². The lowest BCUT2D eigenvalue weighted by Gasteiger charge is -2.29. The Bertz CT molecular complexity index is 933. The van der Waals surface area contributed by atoms with E-state index < -0.39 is 12.0 Å². The van der Waals surface area contributed by atoms with Gasteiger partial charge in [-0.05, 0) is 42.3 Å². The molecule has 3 aliphatic rings. The van der Waals surface area contributed by atoms with Crippen LogP contribution >= 0.6 is 23.2 Å². The Morgan fingerprint density at radius 1 is 0.815 bits per heavy atom. The highest BCUT2D eigenvalue weighted by Crippen LogP contribution is 2.49. The van der Waals surface area contributed by atoms with Crippen LogP contribution in [-0.2, 0) is 9.59 Å².